The second-order valence-corrected chi connectivity index (χ2v) is 9.04. The smallest absolute Gasteiger partial charge is 0.221 e. The molecule has 0 fully saturated rings. The van der Waals surface area contributed by atoms with Crippen LogP contribution in [0.4, 0.5) is 0 Å². The molecule has 3 rings (SSSR count). The molecule has 0 amide bonds. The molecule has 0 saturated heterocycles. The summed E-state index contributed by atoms with van der Waals surface area (Å²) in [4.78, 5) is 4.21. The lowest BCUT2D eigenvalue weighted by molar-refractivity contribution is 0.704. The van der Waals surface area contributed by atoms with Crippen LogP contribution in [0.2, 0.25) is 5.02 Å². The van der Waals surface area contributed by atoms with E-state index in [2.05, 4.69) is 57.5 Å². The van der Waals surface area contributed by atoms with Crippen molar-refractivity contribution in [3.63, 3.8) is 0 Å². The molecule has 0 N–H and O–H groups in total. The molecule has 0 unspecified atom stereocenters. The normalized spacial score (nSPS) is 16.4. The van der Waals surface area contributed by atoms with E-state index in [0.29, 0.717) is 5.02 Å². The van der Waals surface area contributed by atoms with E-state index in [0.717, 1.165) is 17.6 Å². The van der Waals surface area contributed by atoms with E-state index in [1.165, 1.54) is 34.4 Å². The Hall–Kier alpha value is 0.130. The second-order valence-electron chi connectivity index (χ2n) is 3.23. The molecule has 0 spiro atoms. The van der Waals surface area contributed by atoms with Crippen LogP contribution in [-0.4, -0.2) is 4.98 Å². The molecule has 0 radical (unpaired) electrons. The predicted molar refractivity (Wildman–Crippen MR) is 84.1 cm³/mol. The highest BCUT2D eigenvalue weighted by Crippen LogP contribution is 2.52. The average Bonchev–Trinajstić information content (AvgIpc) is 3.04. The largest absolute Gasteiger partial charge is 0.282 e. The Balaban J connectivity index is 2.01. The maximum atomic E-state index is 6.17. The highest BCUT2D eigenvalue weighted by molar-refractivity contribution is 9.13. The number of halogens is 3. The first kappa shape index (κ1) is 14.1. The summed E-state index contributed by atoms with van der Waals surface area (Å²) in [6.45, 7) is 0. The van der Waals surface area contributed by atoms with Gasteiger partial charge in [-0.05, 0) is 65.5 Å². The lowest BCUT2D eigenvalue weighted by Gasteiger charge is -2.16. The standard InChI is InChI=1S/C8H2Br2ClN5S3/c9-5-6(10)18-7(12-5)19-8(13-15-16-14-8)4-3(11)1-2-17-4/h1-2H. The molecule has 5 nitrogen and oxygen atoms in total. The predicted octanol–water partition coefficient (Wildman–Crippen LogP) is 6.12. The minimum Gasteiger partial charge on any atom is -0.221 e. The highest BCUT2D eigenvalue weighted by atomic mass is 79.9. The Bertz CT molecular complexity index is 650. The van der Waals surface area contributed by atoms with Gasteiger partial charge in [-0.3, -0.25) is 0 Å². The van der Waals surface area contributed by atoms with E-state index in [-0.39, 0.29) is 0 Å². The quantitative estimate of drug-likeness (QED) is 0.555. The van der Waals surface area contributed by atoms with E-state index in [1.54, 1.807) is 6.07 Å². The van der Waals surface area contributed by atoms with Gasteiger partial charge < -0.3 is 0 Å². The fourth-order valence-electron chi connectivity index (χ4n) is 1.32. The van der Waals surface area contributed by atoms with Crippen LogP contribution in [0.1, 0.15) is 4.88 Å². The molecule has 2 aromatic rings. The number of hydrogen-bond acceptors (Lipinski definition) is 8. The Morgan fingerprint density at radius 2 is 2.00 bits per heavy atom. The average molecular weight is 460 g/mol. The first-order valence-electron chi connectivity index (χ1n) is 4.69. The van der Waals surface area contributed by atoms with Crippen molar-refractivity contribution in [3.8, 4) is 0 Å². The Labute approximate surface area is 141 Å². The summed E-state index contributed by atoms with van der Waals surface area (Å²) >= 11 is 17.2. The number of nitrogens with zero attached hydrogens (tertiary/aromatic N) is 5. The molecule has 1 aliphatic rings. The maximum absolute atomic E-state index is 6.17. The molecule has 0 aromatic carbocycles. The van der Waals surface area contributed by atoms with Crippen LogP contribution < -0.4 is 0 Å². The second kappa shape index (κ2) is 5.49. The van der Waals surface area contributed by atoms with Crippen LogP contribution in [0.25, 0.3) is 0 Å². The van der Waals surface area contributed by atoms with Gasteiger partial charge in [0.15, 0.2) is 4.34 Å². The van der Waals surface area contributed by atoms with Gasteiger partial charge in [-0.15, -0.1) is 21.6 Å². The van der Waals surface area contributed by atoms with Crippen molar-refractivity contribution in [2.24, 2.45) is 20.7 Å². The third-order valence-electron chi connectivity index (χ3n) is 2.07. The monoisotopic (exact) mass is 457 g/mol. The molecule has 1 aliphatic heterocycles. The molecule has 98 valence electrons. The van der Waals surface area contributed by atoms with Crippen molar-refractivity contribution in [3.05, 3.63) is 29.7 Å². The van der Waals surface area contributed by atoms with Gasteiger partial charge in [-0.1, -0.05) is 22.9 Å². The molecule has 2 aromatic heterocycles. The number of thiophene rings is 1. The molecule has 19 heavy (non-hydrogen) atoms. The van der Waals surface area contributed by atoms with E-state index >= 15 is 0 Å². The van der Waals surface area contributed by atoms with Crippen LogP contribution in [0, 0.1) is 0 Å². The summed E-state index contributed by atoms with van der Waals surface area (Å²) in [6, 6.07) is 1.81. The summed E-state index contributed by atoms with van der Waals surface area (Å²) in [5, 5.41) is 18.0. The summed E-state index contributed by atoms with van der Waals surface area (Å²) in [5.41, 5.74) is 0. The molecule has 0 atom stereocenters. The van der Waals surface area contributed by atoms with Gasteiger partial charge in [0.25, 0.3) is 4.99 Å². The lowest BCUT2D eigenvalue weighted by atomic mass is 10.4. The van der Waals surface area contributed by atoms with Crippen LogP contribution >= 0.6 is 77.9 Å². The van der Waals surface area contributed by atoms with Crippen LogP contribution in [0.15, 0.2) is 44.9 Å². The first-order valence-corrected chi connectivity index (χ1v) is 9.17. The van der Waals surface area contributed by atoms with Crippen molar-refractivity contribution in [1.82, 2.24) is 4.98 Å². The summed E-state index contributed by atoms with van der Waals surface area (Å²) in [6.07, 6.45) is 0. The Morgan fingerprint density at radius 1 is 1.26 bits per heavy atom. The van der Waals surface area contributed by atoms with Gasteiger partial charge in [0.05, 0.1) is 9.90 Å². The van der Waals surface area contributed by atoms with Crippen molar-refractivity contribution in [2.75, 3.05) is 0 Å². The molecular formula is C8H2Br2ClN5S3. The molecule has 3 heterocycles. The molecule has 0 aliphatic carbocycles. The third-order valence-corrected chi connectivity index (χ3v) is 7.93. The number of hydrogen-bond donors (Lipinski definition) is 0. The zero-order valence-corrected chi connectivity index (χ0v) is 15.1. The third kappa shape index (κ3) is 2.66. The highest BCUT2D eigenvalue weighted by Gasteiger charge is 2.41. The fraction of sp³-hybridized carbons (Fsp3) is 0.125. The minimum atomic E-state index is -0.956. The first-order chi connectivity index (χ1) is 9.11. The zero-order valence-electron chi connectivity index (χ0n) is 8.75. The number of thioether (sulfide) groups is 1. The lowest BCUT2D eigenvalue weighted by Crippen LogP contribution is -2.11. The van der Waals surface area contributed by atoms with Crippen molar-refractivity contribution in [2.45, 2.75) is 9.33 Å². The van der Waals surface area contributed by atoms with Gasteiger partial charge in [-0.2, -0.15) is 0 Å². The minimum absolute atomic E-state index is 0.604. The van der Waals surface area contributed by atoms with Gasteiger partial charge in [0.2, 0.25) is 0 Å². The van der Waals surface area contributed by atoms with Gasteiger partial charge >= 0.3 is 0 Å². The molecule has 0 saturated carbocycles. The zero-order chi connectivity index (χ0) is 13.5. The Kier molecular flexibility index (Phi) is 4.07. The van der Waals surface area contributed by atoms with Crippen molar-refractivity contribution >= 4 is 77.9 Å². The topological polar surface area (TPSA) is 62.3 Å². The van der Waals surface area contributed by atoms with E-state index < -0.39 is 4.99 Å². The summed E-state index contributed by atoms with van der Waals surface area (Å²) < 4.78 is 2.46. The van der Waals surface area contributed by atoms with Gasteiger partial charge in [-0.25, -0.2) is 4.98 Å². The summed E-state index contributed by atoms with van der Waals surface area (Å²) in [5.74, 6) is 0. The molecule has 0 bridgehead atoms. The number of aromatic nitrogens is 1. The van der Waals surface area contributed by atoms with Crippen molar-refractivity contribution < 1.29 is 0 Å². The van der Waals surface area contributed by atoms with Gasteiger partial charge in [0, 0.05) is 0 Å². The SMILES string of the molecule is Clc1ccsc1C1(Sc2nc(Br)c(Br)s2)N=NN=N1. The molecular weight excluding hydrogens is 458 g/mol. The Morgan fingerprint density at radius 3 is 2.53 bits per heavy atom. The van der Waals surface area contributed by atoms with Crippen LogP contribution in [0.5, 0.6) is 0 Å². The fourth-order valence-corrected chi connectivity index (χ4v) is 6.25. The van der Waals surface area contributed by atoms with Crippen LogP contribution in [-0.2, 0) is 4.99 Å². The number of thiazole rings is 1. The number of rotatable bonds is 3. The van der Waals surface area contributed by atoms with Crippen molar-refractivity contribution in [1.29, 1.82) is 0 Å². The van der Waals surface area contributed by atoms with Crippen LogP contribution in [0.3, 0.4) is 0 Å². The maximum Gasteiger partial charge on any atom is 0.282 e. The summed E-state index contributed by atoms with van der Waals surface area (Å²) in [7, 11) is 0. The van der Waals surface area contributed by atoms with E-state index in [9.17, 15) is 0 Å². The molecule has 11 heteroatoms. The van der Waals surface area contributed by atoms with E-state index in [4.69, 9.17) is 11.6 Å². The van der Waals surface area contributed by atoms with E-state index in [1.807, 2.05) is 5.38 Å². The van der Waals surface area contributed by atoms with Gasteiger partial charge in [0.1, 0.15) is 8.39 Å².